The molecule has 1 atom stereocenters. The highest BCUT2D eigenvalue weighted by molar-refractivity contribution is 7.89. The fourth-order valence-corrected chi connectivity index (χ4v) is 3.34. The third-order valence-electron chi connectivity index (χ3n) is 2.62. The minimum Gasteiger partial charge on any atom is -0.389 e. The Morgan fingerprint density at radius 2 is 2.11 bits per heavy atom. The Labute approximate surface area is 117 Å². The second-order valence-corrected chi connectivity index (χ2v) is 6.79. The van der Waals surface area contributed by atoms with Crippen LogP contribution in [0.3, 0.4) is 0 Å². The van der Waals surface area contributed by atoms with E-state index in [-0.39, 0.29) is 16.5 Å². The molecule has 0 saturated heterocycles. The van der Waals surface area contributed by atoms with E-state index in [2.05, 4.69) is 4.72 Å². The zero-order valence-electron chi connectivity index (χ0n) is 10.8. The first-order valence-electron chi connectivity index (χ1n) is 5.85. The molecule has 1 aromatic rings. The van der Waals surface area contributed by atoms with E-state index in [4.69, 9.17) is 11.6 Å². The third kappa shape index (κ3) is 4.72. The molecular formula is C12H17ClFNO3S. The van der Waals surface area contributed by atoms with Crippen LogP contribution >= 0.6 is 11.6 Å². The molecule has 1 unspecified atom stereocenters. The van der Waals surface area contributed by atoms with Gasteiger partial charge in [0.25, 0.3) is 0 Å². The van der Waals surface area contributed by atoms with Crippen molar-refractivity contribution >= 4 is 21.6 Å². The van der Waals surface area contributed by atoms with Crippen molar-refractivity contribution in [2.24, 2.45) is 0 Å². The number of nitrogens with one attached hydrogen (secondary N) is 1. The second-order valence-electron chi connectivity index (χ2n) is 4.65. The molecule has 0 spiro atoms. The molecule has 0 aliphatic carbocycles. The highest BCUT2D eigenvalue weighted by Crippen LogP contribution is 2.22. The van der Waals surface area contributed by atoms with Crippen LogP contribution in [0.25, 0.3) is 0 Å². The zero-order valence-corrected chi connectivity index (χ0v) is 12.4. The average Bonchev–Trinajstić information content (AvgIpc) is 2.26. The summed E-state index contributed by atoms with van der Waals surface area (Å²) < 4.78 is 39.1. The zero-order chi connectivity index (χ0) is 14.7. The minimum absolute atomic E-state index is 0.128. The molecule has 0 saturated carbocycles. The summed E-state index contributed by atoms with van der Waals surface area (Å²) in [5.74, 6) is -0.609. The average molecular weight is 310 g/mol. The maximum absolute atomic E-state index is 12.9. The van der Waals surface area contributed by atoms with Crippen LogP contribution in [0.4, 0.5) is 4.39 Å². The van der Waals surface area contributed by atoms with Crippen LogP contribution in [-0.4, -0.2) is 25.7 Å². The summed E-state index contributed by atoms with van der Waals surface area (Å²) in [5.41, 5.74) is -1.13. The Hall–Kier alpha value is -0.690. The van der Waals surface area contributed by atoms with Crippen molar-refractivity contribution in [3.8, 4) is 0 Å². The van der Waals surface area contributed by atoms with Gasteiger partial charge in [-0.05, 0) is 31.5 Å². The summed E-state index contributed by atoms with van der Waals surface area (Å²) in [5, 5.41) is 9.73. The molecule has 108 valence electrons. The van der Waals surface area contributed by atoms with E-state index < -0.39 is 21.4 Å². The van der Waals surface area contributed by atoms with Gasteiger partial charge in [0.2, 0.25) is 10.0 Å². The molecule has 1 aromatic carbocycles. The van der Waals surface area contributed by atoms with Gasteiger partial charge in [0.1, 0.15) is 10.7 Å². The highest BCUT2D eigenvalue weighted by Gasteiger charge is 2.24. The number of aliphatic hydroxyl groups is 1. The quantitative estimate of drug-likeness (QED) is 0.847. The Morgan fingerprint density at radius 3 is 2.63 bits per heavy atom. The third-order valence-corrected chi connectivity index (χ3v) is 4.50. The van der Waals surface area contributed by atoms with Gasteiger partial charge in [0.05, 0.1) is 10.6 Å². The fraction of sp³-hybridized carbons (Fsp3) is 0.500. The first kappa shape index (κ1) is 16.4. The monoisotopic (exact) mass is 309 g/mol. The van der Waals surface area contributed by atoms with Crippen molar-refractivity contribution in [2.75, 3.05) is 6.54 Å². The predicted octanol–water partition coefficient (Wildman–Crippen LogP) is 2.31. The lowest BCUT2D eigenvalue weighted by atomic mass is 10.0. The lowest BCUT2D eigenvalue weighted by molar-refractivity contribution is 0.0554. The lowest BCUT2D eigenvalue weighted by Gasteiger charge is -2.23. The van der Waals surface area contributed by atoms with Gasteiger partial charge in [-0.15, -0.1) is 0 Å². The van der Waals surface area contributed by atoms with E-state index in [9.17, 15) is 17.9 Å². The molecule has 19 heavy (non-hydrogen) atoms. The maximum atomic E-state index is 12.9. The first-order chi connectivity index (χ1) is 8.68. The Morgan fingerprint density at radius 1 is 1.47 bits per heavy atom. The van der Waals surface area contributed by atoms with E-state index >= 15 is 0 Å². The molecule has 0 fully saturated rings. The molecule has 0 amide bonds. The van der Waals surface area contributed by atoms with Crippen LogP contribution in [0.15, 0.2) is 23.1 Å². The van der Waals surface area contributed by atoms with E-state index in [1.807, 2.05) is 6.92 Å². The van der Waals surface area contributed by atoms with Gasteiger partial charge < -0.3 is 5.11 Å². The smallest absolute Gasteiger partial charge is 0.242 e. The van der Waals surface area contributed by atoms with Gasteiger partial charge in [-0.1, -0.05) is 24.9 Å². The summed E-state index contributed by atoms with van der Waals surface area (Å²) in [6.07, 6.45) is 1.19. The van der Waals surface area contributed by atoms with E-state index in [0.29, 0.717) is 6.42 Å². The molecule has 0 radical (unpaired) electrons. The number of rotatable bonds is 6. The Bertz CT molecular complexity index is 546. The first-order valence-corrected chi connectivity index (χ1v) is 7.71. The number of halogens is 2. The van der Waals surface area contributed by atoms with Crippen molar-refractivity contribution in [3.63, 3.8) is 0 Å². The van der Waals surface area contributed by atoms with E-state index in [1.165, 1.54) is 0 Å². The summed E-state index contributed by atoms with van der Waals surface area (Å²) >= 11 is 5.70. The highest BCUT2D eigenvalue weighted by atomic mass is 35.5. The van der Waals surface area contributed by atoms with E-state index in [1.54, 1.807) is 6.92 Å². The van der Waals surface area contributed by atoms with Crippen molar-refractivity contribution in [1.29, 1.82) is 0 Å². The normalized spacial score (nSPS) is 15.2. The largest absolute Gasteiger partial charge is 0.389 e. The molecule has 4 nitrogen and oxygen atoms in total. The molecule has 1 rings (SSSR count). The Balaban J connectivity index is 2.87. The number of hydrogen-bond donors (Lipinski definition) is 2. The van der Waals surface area contributed by atoms with Crippen molar-refractivity contribution in [1.82, 2.24) is 4.72 Å². The summed E-state index contributed by atoms with van der Waals surface area (Å²) in [6.45, 7) is 3.31. The Kier molecular flexibility index (Phi) is 5.32. The number of sulfonamides is 1. The van der Waals surface area contributed by atoms with E-state index in [0.717, 1.165) is 24.6 Å². The lowest BCUT2D eigenvalue weighted by Crippen LogP contribution is -2.40. The second kappa shape index (κ2) is 6.17. The summed E-state index contributed by atoms with van der Waals surface area (Å²) in [7, 11) is -3.87. The van der Waals surface area contributed by atoms with Crippen LogP contribution in [-0.2, 0) is 10.0 Å². The van der Waals surface area contributed by atoms with Crippen molar-refractivity contribution in [2.45, 2.75) is 37.2 Å². The van der Waals surface area contributed by atoms with Crippen LogP contribution in [0, 0.1) is 5.82 Å². The summed E-state index contributed by atoms with van der Waals surface area (Å²) in [6, 6.07) is 3.04. The van der Waals surface area contributed by atoms with Crippen LogP contribution in [0.5, 0.6) is 0 Å². The molecule has 0 aliphatic heterocycles. The molecule has 0 aromatic heterocycles. The molecule has 0 aliphatic rings. The molecule has 0 bridgehead atoms. The van der Waals surface area contributed by atoms with Crippen LogP contribution in [0.2, 0.25) is 5.02 Å². The fourth-order valence-electron chi connectivity index (χ4n) is 1.65. The minimum atomic E-state index is -3.87. The number of hydrogen-bond acceptors (Lipinski definition) is 3. The van der Waals surface area contributed by atoms with Crippen molar-refractivity contribution < 1.29 is 17.9 Å². The summed E-state index contributed by atoms with van der Waals surface area (Å²) in [4.78, 5) is -0.206. The number of benzene rings is 1. The topological polar surface area (TPSA) is 66.4 Å². The molecule has 7 heteroatoms. The predicted molar refractivity (Wildman–Crippen MR) is 72.1 cm³/mol. The SMILES string of the molecule is CCCC(C)(O)CNS(=O)(=O)c1ccc(F)cc1Cl. The molecular weight excluding hydrogens is 293 g/mol. The van der Waals surface area contributed by atoms with Gasteiger partial charge >= 0.3 is 0 Å². The molecule has 0 heterocycles. The van der Waals surface area contributed by atoms with Gasteiger partial charge in [-0.25, -0.2) is 17.5 Å². The van der Waals surface area contributed by atoms with Crippen LogP contribution in [0.1, 0.15) is 26.7 Å². The van der Waals surface area contributed by atoms with Gasteiger partial charge in [-0.2, -0.15) is 0 Å². The standard InChI is InChI=1S/C12H17ClFNO3S/c1-3-6-12(2,16)8-15-19(17,18)11-5-4-9(14)7-10(11)13/h4-5,7,15-16H,3,6,8H2,1-2H3. The maximum Gasteiger partial charge on any atom is 0.242 e. The van der Waals surface area contributed by atoms with Crippen molar-refractivity contribution in [3.05, 3.63) is 29.0 Å². The van der Waals surface area contributed by atoms with Gasteiger partial charge in [0.15, 0.2) is 0 Å². The van der Waals surface area contributed by atoms with Gasteiger partial charge in [-0.3, -0.25) is 0 Å². The van der Waals surface area contributed by atoms with Gasteiger partial charge in [0, 0.05) is 6.54 Å². The molecule has 2 N–H and O–H groups in total. The van der Waals surface area contributed by atoms with Crippen LogP contribution < -0.4 is 4.72 Å².